The minimum absolute atomic E-state index is 0.171. The van der Waals surface area contributed by atoms with Crippen molar-refractivity contribution in [3.8, 4) is 0 Å². The van der Waals surface area contributed by atoms with E-state index in [2.05, 4.69) is 73.7 Å². The molecule has 1 amide bonds. The van der Waals surface area contributed by atoms with Gasteiger partial charge in [0.2, 0.25) is 5.91 Å². The van der Waals surface area contributed by atoms with Crippen molar-refractivity contribution in [3.63, 3.8) is 0 Å². The third kappa shape index (κ3) is 6.32. The molecule has 1 atom stereocenters. The minimum atomic E-state index is 0.171. The lowest BCUT2D eigenvalue weighted by Crippen LogP contribution is -2.30. The molecule has 0 saturated carbocycles. The summed E-state index contributed by atoms with van der Waals surface area (Å²) in [6, 6.07) is 29.6. The Hall–Kier alpha value is -2.87. The van der Waals surface area contributed by atoms with Crippen molar-refractivity contribution in [3.05, 3.63) is 107 Å². The molecule has 0 bridgehead atoms. The van der Waals surface area contributed by atoms with Gasteiger partial charge in [-0.3, -0.25) is 4.79 Å². The van der Waals surface area contributed by atoms with Gasteiger partial charge in [-0.05, 0) is 47.4 Å². The molecule has 0 aliphatic carbocycles. The van der Waals surface area contributed by atoms with Gasteiger partial charge in [0.1, 0.15) is 0 Å². The zero-order chi connectivity index (χ0) is 20.5. The standard InChI is InChI=1S/C27H31NO/c1-3-25(26-12-8-5-9-13-26)20-23-14-16-24(17-15-23)21-27(29)28(2)19-18-22-10-6-4-7-11-22/h4-17,25H,3,18-21H2,1-2H3. The topological polar surface area (TPSA) is 20.3 Å². The first-order valence-corrected chi connectivity index (χ1v) is 10.6. The fraction of sp³-hybridized carbons (Fsp3) is 0.296. The van der Waals surface area contributed by atoms with Crippen molar-refractivity contribution in [1.29, 1.82) is 0 Å². The first-order valence-electron chi connectivity index (χ1n) is 10.6. The largest absolute Gasteiger partial charge is 0.345 e. The lowest BCUT2D eigenvalue weighted by atomic mass is 9.89. The van der Waals surface area contributed by atoms with Crippen LogP contribution in [-0.2, 0) is 24.1 Å². The average molecular weight is 386 g/mol. The predicted octanol–water partition coefficient (Wildman–Crippen LogP) is 5.67. The quantitative estimate of drug-likeness (QED) is 0.465. The van der Waals surface area contributed by atoms with Crippen LogP contribution in [-0.4, -0.2) is 24.4 Å². The molecule has 0 aliphatic heterocycles. The van der Waals surface area contributed by atoms with Crippen LogP contribution < -0.4 is 0 Å². The zero-order valence-corrected chi connectivity index (χ0v) is 17.6. The number of likely N-dealkylation sites (N-methyl/N-ethyl adjacent to an activating group) is 1. The van der Waals surface area contributed by atoms with E-state index in [-0.39, 0.29) is 5.91 Å². The summed E-state index contributed by atoms with van der Waals surface area (Å²) in [5.41, 5.74) is 5.07. The summed E-state index contributed by atoms with van der Waals surface area (Å²) in [5.74, 6) is 0.706. The number of hydrogen-bond acceptors (Lipinski definition) is 1. The van der Waals surface area contributed by atoms with Gasteiger partial charge in [-0.1, -0.05) is 91.9 Å². The molecule has 3 rings (SSSR count). The Bertz CT molecular complexity index is 871. The molecule has 29 heavy (non-hydrogen) atoms. The molecule has 3 aromatic carbocycles. The molecule has 3 aromatic rings. The molecule has 0 fully saturated rings. The summed E-state index contributed by atoms with van der Waals surface area (Å²) in [7, 11) is 1.89. The van der Waals surface area contributed by atoms with E-state index in [0.717, 1.165) is 31.4 Å². The van der Waals surface area contributed by atoms with Crippen molar-refractivity contribution in [2.75, 3.05) is 13.6 Å². The maximum atomic E-state index is 12.6. The Morgan fingerprint density at radius 3 is 2.00 bits per heavy atom. The number of rotatable bonds is 9. The molecule has 2 nitrogen and oxygen atoms in total. The molecule has 0 aromatic heterocycles. The van der Waals surface area contributed by atoms with E-state index >= 15 is 0 Å². The van der Waals surface area contributed by atoms with Gasteiger partial charge in [0.05, 0.1) is 6.42 Å². The van der Waals surface area contributed by atoms with Gasteiger partial charge in [0, 0.05) is 13.6 Å². The number of carbonyl (C=O) groups is 1. The van der Waals surface area contributed by atoms with Gasteiger partial charge in [-0.2, -0.15) is 0 Å². The van der Waals surface area contributed by atoms with E-state index < -0.39 is 0 Å². The van der Waals surface area contributed by atoms with Gasteiger partial charge in [-0.25, -0.2) is 0 Å². The Morgan fingerprint density at radius 2 is 1.38 bits per heavy atom. The highest BCUT2D eigenvalue weighted by Gasteiger charge is 2.12. The van der Waals surface area contributed by atoms with E-state index in [1.165, 1.54) is 16.7 Å². The second-order valence-electron chi connectivity index (χ2n) is 7.76. The summed E-state index contributed by atoms with van der Waals surface area (Å²) < 4.78 is 0. The fourth-order valence-electron chi connectivity index (χ4n) is 3.68. The maximum absolute atomic E-state index is 12.6. The second kappa shape index (κ2) is 10.6. The van der Waals surface area contributed by atoms with Gasteiger partial charge in [-0.15, -0.1) is 0 Å². The minimum Gasteiger partial charge on any atom is -0.345 e. The van der Waals surface area contributed by atoms with Crippen molar-refractivity contribution in [1.82, 2.24) is 4.90 Å². The van der Waals surface area contributed by atoms with Crippen LogP contribution in [0.1, 0.15) is 41.5 Å². The Morgan fingerprint density at radius 1 is 0.793 bits per heavy atom. The number of amides is 1. The third-order valence-corrected chi connectivity index (χ3v) is 5.63. The molecular weight excluding hydrogens is 354 g/mol. The van der Waals surface area contributed by atoms with Crippen LogP contribution in [0.15, 0.2) is 84.9 Å². The molecule has 1 unspecified atom stereocenters. The van der Waals surface area contributed by atoms with Crippen molar-refractivity contribution < 1.29 is 4.79 Å². The highest BCUT2D eigenvalue weighted by molar-refractivity contribution is 5.78. The lowest BCUT2D eigenvalue weighted by molar-refractivity contribution is -0.129. The summed E-state index contributed by atoms with van der Waals surface area (Å²) in [4.78, 5) is 14.4. The molecule has 0 saturated heterocycles. The number of carbonyl (C=O) groups excluding carboxylic acids is 1. The third-order valence-electron chi connectivity index (χ3n) is 5.63. The first kappa shape index (κ1) is 20.9. The molecule has 2 heteroatoms. The van der Waals surface area contributed by atoms with Gasteiger partial charge >= 0.3 is 0 Å². The summed E-state index contributed by atoms with van der Waals surface area (Å²) >= 11 is 0. The molecule has 150 valence electrons. The highest BCUT2D eigenvalue weighted by Crippen LogP contribution is 2.24. The summed E-state index contributed by atoms with van der Waals surface area (Å²) in [6.45, 7) is 2.99. The Kier molecular flexibility index (Phi) is 7.63. The molecule has 0 spiro atoms. The molecule has 0 heterocycles. The van der Waals surface area contributed by atoms with Crippen LogP contribution in [0.2, 0.25) is 0 Å². The van der Waals surface area contributed by atoms with Crippen molar-refractivity contribution in [2.24, 2.45) is 0 Å². The van der Waals surface area contributed by atoms with Crippen molar-refractivity contribution in [2.45, 2.75) is 38.5 Å². The first-order chi connectivity index (χ1) is 14.2. The molecular formula is C27H31NO. The molecule has 0 N–H and O–H groups in total. The van der Waals surface area contributed by atoms with Crippen LogP contribution in [0.25, 0.3) is 0 Å². The van der Waals surface area contributed by atoms with Gasteiger partial charge in [0.25, 0.3) is 0 Å². The number of hydrogen-bond donors (Lipinski definition) is 0. The highest BCUT2D eigenvalue weighted by atomic mass is 16.2. The van der Waals surface area contributed by atoms with Crippen LogP contribution in [0.4, 0.5) is 0 Å². The van der Waals surface area contributed by atoms with Crippen LogP contribution in [0, 0.1) is 0 Å². The molecule has 0 radical (unpaired) electrons. The number of nitrogens with zero attached hydrogens (tertiary/aromatic N) is 1. The van der Waals surface area contributed by atoms with Crippen LogP contribution >= 0.6 is 0 Å². The van der Waals surface area contributed by atoms with Gasteiger partial charge in [0.15, 0.2) is 0 Å². The smallest absolute Gasteiger partial charge is 0.226 e. The van der Waals surface area contributed by atoms with E-state index in [1.807, 2.05) is 30.1 Å². The van der Waals surface area contributed by atoms with E-state index in [0.29, 0.717) is 12.3 Å². The summed E-state index contributed by atoms with van der Waals surface area (Å²) in [5, 5.41) is 0. The second-order valence-corrected chi connectivity index (χ2v) is 7.76. The van der Waals surface area contributed by atoms with Crippen LogP contribution in [0.3, 0.4) is 0 Å². The summed E-state index contributed by atoms with van der Waals surface area (Å²) in [6.07, 6.45) is 3.50. The maximum Gasteiger partial charge on any atom is 0.226 e. The predicted molar refractivity (Wildman–Crippen MR) is 121 cm³/mol. The monoisotopic (exact) mass is 385 g/mol. The Labute approximate surface area is 175 Å². The average Bonchev–Trinajstić information content (AvgIpc) is 2.78. The normalized spacial score (nSPS) is 11.8. The van der Waals surface area contributed by atoms with Gasteiger partial charge < -0.3 is 4.90 Å². The van der Waals surface area contributed by atoms with E-state index in [4.69, 9.17) is 0 Å². The SMILES string of the molecule is CCC(Cc1ccc(CC(=O)N(C)CCc2ccccc2)cc1)c1ccccc1. The van der Waals surface area contributed by atoms with E-state index in [1.54, 1.807) is 0 Å². The number of benzene rings is 3. The lowest BCUT2D eigenvalue weighted by Gasteiger charge is -2.18. The Balaban J connectivity index is 1.52. The molecule has 0 aliphatic rings. The van der Waals surface area contributed by atoms with Crippen LogP contribution in [0.5, 0.6) is 0 Å². The fourth-order valence-corrected chi connectivity index (χ4v) is 3.68. The van der Waals surface area contributed by atoms with E-state index in [9.17, 15) is 4.79 Å². The zero-order valence-electron chi connectivity index (χ0n) is 17.6. The van der Waals surface area contributed by atoms with Crippen molar-refractivity contribution >= 4 is 5.91 Å².